The molecule has 1 fully saturated rings. The zero-order chi connectivity index (χ0) is 14.4. The van der Waals surface area contributed by atoms with Crippen LogP contribution in [0.5, 0.6) is 0 Å². The molecule has 1 aliphatic carbocycles. The van der Waals surface area contributed by atoms with Crippen LogP contribution in [-0.4, -0.2) is 6.04 Å². The fourth-order valence-corrected chi connectivity index (χ4v) is 3.21. The van der Waals surface area contributed by atoms with Crippen molar-refractivity contribution in [3.63, 3.8) is 0 Å². The normalized spacial score (nSPS) is 23.3. The summed E-state index contributed by atoms with van der Waals surface area (Å²) in [7, 11) is 0. The van der Waals surface area contributed by atoms with Gasteiger partial charge in [0.15, 0.2) is 0 Å². The maximum Gasteiger partial charge on any atom is 0.0991 e. The molecule has 20 heavy (non-hydrogen) atoms. The smallest absolute Gasteiger partial charge is 0.0991 e. The van der Waals surface area contributed by atoms with Gasteiger partial charge in [-0.1, -0.05) is 38.8 Å². The number of rotatable bonds is 4. The fourth-order valence-electron chi connectivity index (χ4n) is 3.21. The van der Waals surface area contributed by atoms with Crippen LogP contribution in [0.4, 0.5) is 0 Å². The Morgan fingerprint density at radius 2 is 2.10 bits per heavy atom. The van der Waals surface area contributed by atoms with Crippen molar-refractivity contribution in [2.75, 3.05) is 0 Å². The third kappa shape index (κ3) is 4.35. The third-order valence-corrected chi connectivity index (χ3v) is 4.61. The Bertz CT molecular complexity index is 459. The van der Waals surface area contributed by atoms with E-state index >= 15 is 0 Å². The summed E-state index contributed by atoms with van der Waals surface area (Å²) in [6, 6.07) is 10.8. The number of nitrogens with zero attached hydrogens (tertiary/aromatic N) is 1. The lowest BCUT2D eigenvalue weighted by Gasteiger charge is -2.19. The SMILES string of the molecule is CC(C)C1CCCC(NCc2cccc(C#N)c2)CC1. The van der Waals surface area contributed by atoms with Gasteiger partial charge in [0.1, 0.15) is 0 Å². The predicted octanol–water partition coefficient (Wildman–Crippen LogP) is 4.25. The molecule has 0 saturated heterocycles. The standard InChI is InChI=1S/C18H26N2/c1-14(2)17-7-4-8-18(10-9-17)20-13-16-6-3-5-15(11-16)12-19/h3,5-6,11,14,17-18,20H,4,7-10,13H2,1-2H3. The fraction of sp³-hybridized carbons (Fsp3) is 0.611. The topological polar surface area (TPSA) is 35.8 Å². The lowest BCUT2D eigenvalue weighted by molar-refractivity contribution is 0.337. The number of benzene rings is 1. The molecule has 0 heterocycles. The second-order valence-corrected chi connectivity index (χ2v) is 6.40. The average Bonchev–Trinajstić information content (AvgIpc) is 2.71. The second-order valence-electron chi connectivity index (χ2n) is 6.40. The van der Waals surface area contributed by atoms with Crippen molar-refractivity contribution < 1.29 is 0 Å². The van der Waals surface area contributed by atoms with Gasteiger partial charge in [-0.25, -0.2) is 0 Å². The van der Waals surface area contributed by atoms with Crippen LogP contribution in [0, 0.1) is 23.2 Å². The summed E-state index contributed by atoms with van der Waals surface area (Å²) in [6.07, 6.45) is 6.67. The molecule has 0 aromatic heterocycles. The molecule has 2 heteroatoms. The van der Waals surface area contributed by atoms with E-state index in [0.717, 1.165) is 23.9 Å². The molecule has 0 bridgehead atoms. The van der Waals surface area contributed by atoms with Crippen molar-refractivity contribution >= 4 is 0 Å². The molecule has 108 valence electrons. The Balaban J connectivity index is 1.83. The van der Waals surface area contributed by atoms with Gasteiger partial charge in [0, 0.05) is 12.6 Å². The first-order valence-corrected chi connectivity index (χ1v) is 7.91. The van der Waals surface area contributed by atoms with E-state index in [0.29, 0.717) is 6.04 Å². The van der Waals surface area contributed by atoms with Gasteiger partial charge in [0.2, 0.25) is 0 Å². The average molecular weight is 270 g/mol. The number of nitrogens with one attached hydrogen (secondary N) is 1. The predicted molar refractivity (Wildman–Crippen MR) is 83.2 cm³/mol. The molecule has 1 saturated carbocycles. The van der Waals surface area contributed by atoms with Crippen LogP contribution in [0.2, 0.25) is 0 Å². The summed E-state index contributed by atoms with van der Waals surface area (Å²) in [5.41, 5.74) is 1.97. The Labute approximate surface area is 123 Å². The van der Waals surface area contributed by atoms with Gasteiger partial charge in [-0.3, -0.25) is 0 Å². The van der Waals surface area contributed by atoms with Crippen molar-refractivity contribution in [2.24, 2.45) is 11.8 Å². The van der Waals surface area contributed by atoms with Crippen LogP contribution in [0.15, 0.2) is 24.3 Å². The minimum absolute atomic E-state index is 0.643. The molecule has 1 N–H and O–H groups in total. The first kappa shape index (κ1) is 15.1. The van der Waals surface area contributed by atoms with Crippen molar-refractivity contribution in [1.29, 1.82) is 5.26 Å². The van der Waals surface area contributed by atoms with Crippen LogP contribution in [-0.2, 0) is 6.54 Å². The largest absolute Gasteiger partial charge is 0.310 e. The highest BCUT2D eigenvalue weighted by atomic mass is 14.9. The number of hydrogen-bond donors (Lipinski definition) is 1. The van der Waals surface area contributed by atoms with Gasteiger partial charge < -0.3 is 5.32 Å². The number of hydrogen-bond acceptors (Lipinski definition) is 2. The van der Waals surface area contributed by atoms with Gasteiger partial charge in [-0.15, -0.1) is 0 Å². The molecule has 0 amide bonds. The van der Waals surface area contributed by atoms with Crippen LogP contribution >= 0.6 is 0 Å². The van der Waals surface area contributed by atoms with Crippen molar-refractivity contribution in [2.45, 2.75) is 58.5 Å². The van der Waals surface area contributed by atoms with E-state index < -0.39 is 0 Å². The van der Waals surface area contributed by atoms with Crippen LogP contribution in [0.3, 0.4) is 0 Å². The van der Waals surface area contributed by atoms with E-state index in [-0.39, 0.29) is 0 Å². The Kier molecular flexibility index (Phi) is 5.61. The Morgan fingerprint density at radius 1 is 1.25 bits per heavy atom. The molecule has 2 unspecified atom stereocenters. The molecule has 0 radical (unpaired) electrons. The molecule has 0 aliphatic heterocycles. The van der Waals surface area contributed by atoms with Gasteiger partial charge in [0.05, 0.1) is 11.6 Å². The van der Waals surface area contributed by atoms with Gasteiger partial charge in [-0.2, -0.15) is 5.26 Å². The van der Waals surface area contributed by atoms with E-state index in [1.807, 2.05) is 18.2 Å². The van der Waals surface area contributed by atoms with Crippen LogP contribution in [0.25, 0.3) is 0 Å². The molecule has 1 aliphatic rings. The molecular weight excluding hydrogens is 244 g/mol. The third-order valence-electron chi connectivity index (χ3n) is 4.61. The quantitative estimate of drug-likeness (QED) is 0.830. The molecule has 0 spiro atoms. The second kappa shape index (κ2) is 7.45. The molecular formula is C18H26N2. The van der Waals surface area contributed by atoms with Gasteiger partial charge in [0.25, 0.3) is 0 Å². The summed E-state index contributed by atoms with van der Waals surface area (Å²) < 4.78 is 0. The summed E-state index contributed by atoms with van der Waals surface area (Å²) in [4.78, 5) is 0. The molecule has 2 rings (SSSR count). The van der Waals surface area contributed by atoms with E-state index in [2.05, 4.69) is 31.3 Å². The highest BCUT2D eigenvalue weighted by molar-refractivity contribution is 5.32. The molecule has 1 aromatic rings. The van der Waals surface area contributed by atoms with E-state index in [1.165, 1.54) is 37.7 Å². The van der Waals surface area contributed by atoms with E-state index in [9.17, 15) is 0 Å². The van der Waals surface area contributed by atoms with Gasteiger partial charge >= 0.3 is 0 Å². The maximum absolute atomic E-state index is 8.93. The first-order chi connectivity index (χ1) is 9.69. The minimum Gasteiger partial charge on any atom is -0.310 e. The zero-order valence-electron chi connectivity index (χ0n) is 12.7. The summed E-state index contributed by atoms with van der Waals surface area (Å²) in [5.74, 6) is 1.73. The summed E-state index contributed by atoms with van der Waals surface area (Å²) >= 11 is 0. The summed E-state index contributed by atoms with van der Waals surface area (Å²) in [5, 5.41) is 12.6. The molecule has 2 nitrogen and oxygen atoms in total. The maximum atomic E-state index is 8.93. The van der Waals surface area contributed by atoms with Crippen LogP contribution in [0.1, 0.15) is 57.1 Å². The summed E-state index contributed by atoms with van der Waals surface area (Å²) in [6.45, 7) is 5.59. The Hall–Kier alpha value is -1.33. The van der Waals surface area contributed by atoms with E-state index in [4.69, 9.17) is 5.26 Å². The lowest BCUT2D eigenvalue weighted by Crippen LogP contribution is -2.28. The van der Waals surface area contributed by atoms with Crippen molar-refractivity contribution in [3.8, 4) is 6.07 Å². The van der Waals surface area contributed by atoms with Crippen molar-refractivity contribution in [3.05, 3.63) is 35.4 Å². The molecule has 2 atom stereocenters. The lowest BCUT2D eigenvalue weighted by atomic mass is 9.89. The highest BCUT2D eigenvalue weighted by Crippen LogP contribution is 2.28. The minimum atomic E-state index is 0.643. The first-order valence-electron chi connectivity index (χ1n) is 7.91. The van der Waals surface area contributed by atoms with Crippen molar-refractivity contribution in [1.82, 2.24) is 5.32 Å². The van der Waals surface area contributed by atoms with Gasteiger partial charge in [-0.05, 0) is 48.8 Å². The Morgan fingerprint density at radius 3 is 2.85 bits per heavy atom. The van der Waals surface area contributed by atoms with E-state index in [1.54, 1.807) is 0 Å². The number of nitriles is 1. The highest BCUT2D eigenvalue weighted by Gasteiger charge is 2.20. The zero-order valence-corrected chi connectivity index (χ0v) is 12.7. The molecule has 1 aromatic carbocycles. The monoisotopic (exact) mass is 270 g/mol. The van der Waals surface area contributed by atoms with Crippen LogP contribution < -0.4 is 5.32 Å².